The average molecular weight is 474 g/mol. The Hall–Kier alpha value is 0.0795. The van der Waals surface area contributed by atoms with Crippen molar-refractivity contribution in [2.45, 2.75) is 79.1 Å². The second kappa shape index (κ2) is 20.0. The molecular formula is C26H44FeP2-6. The summed E-state index contributed by atoms with van der Waals surface area (Å²) in [6.45, 7) is 9.16. The Morgan fingerprint density at radius 1 is 0.621 bits per heavy atom. The van der Waals surface area contributed by atoms with Gasteiger partial charge in [0.25, 0.3) is 0 Å². The van der Waals surface area contributed by atoms with Crippen LogP contribution in [-0.2, 0) is 17.1 Å². The van der Waals surface area contributed by atoms with E-state index in [2.05, 4.69) is 76.2 Å². The van der Waals surface area contributed by atoms with Crippen LogP contribution in [0.25, 0.3) is 0 Å². The van der Waals surface area contributed by atoms with E-state index in [1.807, 2.05) is 0 Å². The first kappa shape index (κ1) is 29.1. The molecule has 0 saturated carbocycles. The van der Waals surface area contributed by atoms with E-state index in [9.17, 15) is 0 Å². The van der Waals surface area contributed by atoms with E-state index >= 15 is 0 Å². The van der Waals surface area contributed by atoms with Crippen LogP contribution in [0.4, 0.5) is 0 Å². The van der Waals surface area contributed by atoms with Crippen molar-refractivity contribution in [3.05, 3.63) is 48.5 Å². The van der Waals surface area contributed by atoms with Gasteiger partial charge in [0.15, 0.2) is 0 Å². The molecule has 29 heavy (non-hydrogen) atoms. The third-order valence-electron chi connectivity index (χ3n) is 5.15. The van der Waals surface area contributed by atoms with Gasteiger partial charge in [-0.2, -0.15) is 12.1 Å². The molecule has 0 nitrogen and oxygen atoms in total. The summed E-state index contributed by atoms with van der Waals surface area (Å²) in [5.41, 5.74) is 0. The van der Waals surface area contributed by atoms with Crippen LogP contribution < -0.4 is 10.6 Å². The Labute approximate surface area is 195 Å². The molecule has 0 saturated heterocycles. The molecule has 2 rings (SSSR count). The molecule has 2 aromatic carbocycles. The maximum Gasteiger partial charge on any atom is 0 e. The van der Waals surface area contributed by atoms with Crippen molar-refractivity contribution in [2.24, 2.45) is 0 Å². The van der Waals surface area contributed by atoms with Gasteiger partial charge in [-0.05, 0) is 12.3 Å². The number of unbranched alkanes of at least 4 members (excludes halogenated alkanes) is 4. The first-order chi connectivity index (χ1) is 13.8. The monoisotopic (exact) mass is 474 g/mol. The van der Waals surface area contributed by atoms with Crippen molar-refractivity contribution >= 4 is 26.5 Å². The Kier molecular flexibility index (Phi) is 20.1. The quantitative estimate of drug-likeness (QED) is 0.147. The molecule has 3 heteroatoms. The summed E-state index contributed by atoms with van der Waals surface area (Å²) >= 11 is 0. The van der Waals surface area contributed by atoms with E-state index in [1.54, 1.807) is 10.6 Å². The summed E-state index contributed by atoms with van der Waals surface area (Å²) in [6, 6.07) is 18.0. The molecule has 0 bridgehead atoms. The molecular weight excluding hydrogens is 430 g/mol. The smallest absolute Gasteiger partial charge is 0 e. The van der Waals surface area contributed by atoms with E-state index in [1.165, 1.54) is 76.0 Å². The molecule has 2 aromatic rings. The minimum Gasteiger partial charge on any atom is -0.747 e. The van der Waals surface area contributed by atoms with Crippen molar-refractivity contribution in [1.29, 1.82) is 0 Å². The predicted octanol–water partition coefficient (Wildman–Crippen LogP) is 8.22. The van der Waals surface area contributed by atoms with Crippen LogP contribution in [0.1, 0.15) is 79.1 Å². The Bertz CT molecular complexity index is 467. The zero-order valence-electron chi connectivity index (χ0n) is 19.4. The summed E-state index contributed by atoms with van der Waals surface area (Å²) in [7, 11) is 0.339. The predicted molar refractivity (Wildman–Crippen MR) is 136 cm³/mol. The van der Waals surface area contributed by atoms with Crippen LogP contribution in [-0.4, -0.2) is 24.6 Å². The standard InChI is InChI=1S/2C13H22P.Fe/c2*1-3-5-11-14(12-6-4-2)13-9-7-8-10-13;/h2*7-10H,3-6,11-12H2,1-2H3;/q-5;-1;. The first-order valence-corrected chi connectivity index (χ1v) is 15.1. The van der Waals surface area contributed by atoms with Crippen LogP contribution in [0.15, 0.2) is 48.5 Å². The van der Waals surface area contributed by atoms with Gasteiger partial charge in [0.2, 0.25) is 0 Å². The molecule has 0 radical (unpaired) electrons. The molecule has 0 N–H and O–H groups in total. The fraction of sp³-hybridized carbons (Fsp3) is 0.615. The minimum atomic E-state index is 0. The summed E-state index contributed by atoms with van der Waals surface area (Å²) in [4.78, 5) is 0. The van der Waals surface area contributed by atoms with Crippen molar-refractivity contribution in [1.82, 2.24) is 0 Å². The van der Waals surface area contributed by atoms with E-state index in [4.69, 9.17) is 0 Å². The van der Waals surface area contributed by atoms with Gasteiger partial charge in [-0.3, -0.25) is 0 Å². The molecule has 0 fully saturated rings. The second-order valence-corrected chi connectivity index (χ2v) is 12.7. The molecule has 0 aliphatic carbocycles. The molecule has 0 unspecified atom stereocenters. The molecule has 0 atom stereocenters. The van der Waals surface area contributed by atoms with Gasteiger partial charge >= 0.3 is 0 Å². The Morgan fingerprint density at radius 2 is 1.00 bits per heavy atom. The van der Waals surface area contributed by atoms with Crippen molar-refractivity contribution in [3.8, 4) is 0 Å². The van der Waals surface area contributed by atoms with Gasteiger partial charge in [0, 0.05) is 17.1 Å². The van der Waals surface area contributed by atoms with Crippen LogP contribution >= 0.6 is 15.8 Å². The molecule has 0 aromatic heterocycles. The number of hydrogen-bond donors (Lipinski definition) is 0. The van der Waals surface area contributed by atoms with E-state index in [0.29, 0.717) is 0 Å². The van der Waals surface area contributed by atoms with Gasteiger partial charge in [-0.15, -0.1) is 13.2 Å². The van der Waals surface area contributed by atoms with Crippen LogP contribution in [0.5, 0.6) is 0 Å². The molecule has 0 aliphatic rings. The average Bonchev–Trinajstić information content (AvgIpc) is 3.43. The van der Waals surface area contributed by atoms with Crippen LogP contribution in [0, 0.1) is 0 Å². The molecule has 0 spiro atoms. The Balaban J connectivity index is 0.000000523. The van der Waals surface area contributed by atoms with Gasteiger partial charge in [-0.1, -0.05) is 91.4 Å². The van der Waals surface area contributed by atoms with Crippen molar-refractivity contribution in [3.63, 3.8) is 0 Å². The Morgan fingerprint density at radius 3 is 1.38 bits per heavy atom. The largest absolute Gasteiger partial charge is 0.747 e. The molecule has 0 amide bonds. The molecule has 0 aliphatic heterocycles. The van der Waals surface area contributed by atoms with E-state index < -0.39 is 0 Å². The van der Waals surface area contributed by atoms with Gasteiger partial charge in [0.1, 0.15) is 0 Å². The minimum absolute atomic E-state index is 0. The van der Waals surface area contributed by atoms with Crippen molar-refractivity contribution in [2.75, 3.05) is 24.6 Å². The van der Waals surface area contributed by atoms with Gasteiger partial charge in [-0.25, -0.2) is 12.1 Å². The summed E-state index contributed by atoms with van der Waals surface area (Å²) in [5, 5.41) is 3.25. The first-order valence-electron chi connectivity index (χ1n) is 11.7. The maximum atomic E-state index is 2.32. The second-order valence-electron chi connectivity index (χ2n) is 7.67. The topological polar surface area (TPSA) is 0 Å². The molecule has 172 valence electrons. The van der Waals surface area contributed by atoms with Gasteiger partial charge in [0.05, 0.1) is 0 Å². The third kappa shape index (κ3) is 13.2. The number of hydrogen-bond acceptors (Lipinski definition) is 0. The zero-order valence-corrected chi connectivity index (χ0v) is 22.2. The van der Waals surface area contributed by atoms with Crippen LogP contribution in [0.2, 0.25) is 0 Å². The third-order valence-corrected chi connectivity index (χ3v) is 10.6. The summed E-state index contributed by atoms with van der Waals surface area (Å²) in [5.74, 6) is 0. The van der Waals surface area contributed by atoms with Crippen molar-refractivity contribution < 1.29 is 17.1 Å². The van der Waals surface area contributed by atoms with E-state index in [0.717, 1.165) is 0 Å². The summed E-state index contributed by atoms with van der Waals surface area (Å²) in [6.07, 6.45) is 16.7. The zero-order chi connectivity index (χ0) is 20.5. The number of rotatable bonds is 14. The molecule has 0 heterocycles. The SMILES string of the molecule is CCCCP(CCCC)[c-]1[cH-][cH-][cH-][cH-]1.CCCCP(CCCC)[c-]1cccc1.[Fe]. The summed E-state index contributed by atoms with van der Waals surface area (Å²) < 4.78 is 0. The van der Waals surface area contributed by atoms with E-state index in [-0.39, 0.29) is 32.9 Å². The van der Waals surface area contributed by atoms with Crippen LogP contribution in [0.3, 0.4) is 0 Å². The fourth-order valence-electron chi connectivity index (χ4n) is 3.29. The fourth-order valence-corrected chi connectivity index (χ4v) is 8.74. The maximum absolute atomic E-state index is 2.32. The normalized spacial score (nSPS) is 10.7. The van der Waals surface area contributed by atoms with Gasteiger partial charge < -0.3 is 37.5 Å².